The molecule has 0 saturated heterocycles. The standard InChI is InChI=1S/C29H33NS/c1-29(2,3)24-17-8-9-18-25(24)30(4)26-19-11-16-23-22-15-10-14-21(27(22)31-28(23)26)20-12-6-5-7-13-20/h8-11,14-20H,5-7,12-13H2,1-4H3. The Labute approximate surface area is 190 Å². The molecule has 0 atom stereocenters. The van der Waals surface area contributed by atoms with E-state index in [0.29, 0.717) is 0 Å². The third kappa shape index (κ3) is 3.65. The average Bonchev–Trinajstić information content (AvgIpc) is 3.17. The molecule has 1 nitrogen and oxygen atoms in total. The summed E-state index contributed by atoms with van der Waals surface area (Å²) in [5, 5.41) is 2.83. The van der Waals surface area contributed by atoms with Gasteiger partial charge in [0.25, 0.3) is 0 Å². The molecule has 0 unspecified atom stereocenters. The molecule has 1 fully saturated rings. The van der Waals surface area contributed by atoms with E-state index >= 15 is 0 Å². The van der Waals surface area contributed by atoms with E-state index in [1.807, 2.05) is 11.3 Å². The summed E-state index contributed by atoms with van der Waals surface area (Å²) in [4.78, 5) is 2.40. The van der Waals surface area contributed by atoms with Gasteiger partial charge in [0.1, 0.15) is 0 Å². The summed E-state index contributed by atoms with van der Waals surface area (Å²) in [7, 11) is 2.23. The highest BCUT2D eigenvalue weighted by Crippen LogP contribution is 2.46. The Balaban J connectivity index is 1.68. The van der Waals surface area contributed by atoms with Gasteiger partial charge >= 0.3 is 0 Å². The number of rotatable bonds is 3. The summed E-state index contributed by atoms with van der Waals surface area (Å²) in [6.07, 6.45) is 6.85. The molecule has 3 aromatic carbocycles. The lowest BCUT2D eigenvalue weighted by Crippen LogP contribution is -2.19. The molecule has 31 heavy (non-hydrogen) atoms. The number of benzene rings is 3. The summed E-state index contributed by atoms with van der Waals surface area (Å²) >= 11 is 2.00. The summed E-state index contributed by atoms with van der Waals surface area (Å²) < 4.78 is 2.92. The molecule has 1 aliphatic rings. The van der Waals surface area contributed by atoms with E-state index in [0.717, 1.165) is 5.92 Å². The lowest BCUT2D eigenvalue weighted by molar-refractivity contribution is 0.446. The third-order valence-corrected chi connectivity index (χ3v) is 8.31. The maximum Gasteiger partial charge on any atom is 0.0592 e. The number of thiophene rings is 1. The van der Waals surface area contributed by atoms with Gasteiger partial charge in [-0.3, -0.25) is 0 Å². The van der Waals surface area contributed by atoms with Crippen molar-refractivity contribution in [2.45, 2.75) is 64.2 Å². The van der Waals surface area contributed by atoms with Crippen LogP contribution in [0.2, 0.25) is 0 Å². The van der Waals surface area contributed by atoms with Crippen molar-refractivity contribution in [1.29, 1.82) is 0 Å². The number of anilines is 2. The zero-order valence-electron chi connectivity index (χ0n) is 19.2. The number of fused-ring (bicyclic) bond motifs is 3. The fraction of sp³-hybridized carbons (Fsp3) is 0.379. The number of nitrogens with zero attached hydrogens (tertiary/aromatic N) is 1. The molecule has 0 spiro atoms. The van der Waals surface area contributed by atoms with Gasteiger partial charge in [-0.15, -0.1) is 11.3 Å². The predicted molar refractivity (Wildman–Crippen MR) is 138 cm³/mol. The lowest BCUT2D eigenvalue weighted by Gasteiger charge is -2.29. The van der Waals surface area contributed by atoms with Gasteiger partial charge in [0.15, 0.2) is 0 Å². The third-order valence-electron chi connectivity index (χ3n) is 7.01. The van der Waals surface area contributed by atoms with Gasteiger partial charge in [0.2, 0.25) is 0 Å². The Hall–Kier alpha value is -2.32. The molecule has 0 N–H and O–H groups in total. The van der Waals surface area contributed by atoms with E-state index < -0.39 is 0 Å². The maximum absolute atomic E-state index is 2.40. The van der Waals surface area contributed by atoms with Crippen molar-refractivity contribution < 1.29 is 0 Å². The van der Waals surface area contributed by atoms with Gasteiger partial charge in [-0.2, -0.15) is 0 Å². The largest absolute Gasteiger partial charge is 0.343 e. The second-order valence-electron chi connectivity index (χ2n) is 10.1. The Morgan fingerprint density at radius 1 is 0.742 bits per heavy atom. The molecule has 5 rings (SSSR count). The van der Waals surface area contributed by atoms with Crippen molar-refractivity contribution >= 4 is 42.9 Å². The van der Waals surface area contributed by atoms with Crippen LogP contribution in [0.5, 0.6) is 0 Å². The average molecular weight is 428 g/mol. The lowest BCUT2D eigenvalue weighted by atomic mass is 9.84. The van der Waals surface area contributed by atoms with E-state index in [4.69, 9.17) is 0 Å². The molecule has 1 aliphatic carbocycles. The smallest absolute Gasteiger partial charge is 0.0592 e. The van der Waals surface area contributed by atoms with Crippen molar-refractivity contribution in [3.63, 3.8) is 0 Å². The first kappa shape index (κ1) is 20.6. The van der Waals surface area contributed by atoms with Crippen LogP contribution < -0.4 is 4.90 Å². The van der Waals surface area contributed by atoms with Gasteiger partial charge in [-0.05, 0) is 47.4 Å². The van der Waals surface area contributed by atoms with E-state index in [1.54, 1.807) is 5.56 Å². The Bertz CT molecular complexity index is 1220. The van der Waals surface area contributed by atoms with Gasteiger partial charge in [-0.1, -0.05) is 88.6 Å². The second-order valence-corrected chi connectivity index (χ2v) is 11.2. The second kappa shape index (κ2) is 7.98. The fourth-order valence-corrected chi connectivity index (χ4v) is 6.80. The quantitative estimate of drug-likeness (QED) is 0.315. The number of hydrogen-bond donors (Lipinski definition) is 0. The van der Waals surface area contributed by atoms with Crippen molar-refractivity contribution in [2.75, 3.05) is 11.9 Å². The Morgan fingerprint density at radius 2 is 1.39 bits per heavy atom. The van der Waals surface area contributed by atoms with Crippen LogP contribution >= 0.6 is 11.3 Å². The summed E-state index contributed by atoms with van der Waals surface area (Å²) in [6, 6.07) is 22.7. The minimum absolute atomic E-state index is 0.104. The number of hydrogen-bond acceptors (Lipinski definition) is 2. The highest BCUT2D eigenvalue weighted by molar-refractivity contribution is 7.26. The zero-order valence-corrected chi connectivity index (χ0v) is 20.1. The maximum atomic E-state index is 2.40. The molecule has 0 amide bonds. The SMILES string of the molecule is CN(c1ccccc1C(C)(C)C)c1cccc2c1sc1c(C3CCCCC3)cccc12. The Morgan fingerprint density at radius 3 is 2.13 bits per heavy atom. The minimum Gasteiger partial charge on any atom is -0.343 e. The molecule has 2 heteroatoms. The predicted octanol–water partition coefficient (Wildman–Crippen LogP) is 9.17. The van der Waals surface area contributed by atoms with Gasteiger partial charge in [-0.25, -0.2) is 0 Å². The van der Waals surface area contributed by atoms with Gasteiger partial charge < -0.3 is 4.90 Å². The van der Waals surface area contributed by atoms with Crippen LogP contribution in [0.3, 0.4) is 0 Å². The molecule has 1 saturated carbocycles. The van der Waals surface area contributed by atoms with E-state index in [9.17, 15) is 0 Å². The van der Waals surface area contributed by atoms with Crippen LogP contribution in [0.1, 0.15) is 69.9 Å². The van der Waals surface area contributed by atoms with E-state index in [2.05, 4.69) is 93.4 Å². The van der Waals surface area contributed by atoms with Crippen LogP contribution in [0.15, 0.2) is 60.7 Å². The summed E-state index contributed by atoms with van der Waals surface area (Å²) in [5.74, 6) is 0.730. The van der Waals surface area contributed by atoms with Crippen molar-refractivity contribution in [2.24, 2.45) is 0 Å². The molecular weight excluding hydrogens is 394 g/mol. The molecule has 0 radical (unpaired) electrons. The van der Waals surface area contributed by atoms with Crippen LogP contribution in [0.25, 0.3) is 20.2 Å². The molecular formula is C29H33NS. The van der Waals surface area contributed by atoms with Crippen LogP contribution in [-0.2, 0) is 5.41 Å². The van der Waals surface area contributed by atoms with Gasteiger partial charge in [0.05, 0.1) is 10.4 Å². The van der Waals surface area contributed by atoms with Crippen LogP contribution in [0, 0.1) is 0 Å². The minimum atomic E-state index is 0.104. The highest BCUT2D eigenvalue weighted by Gasteiger charge is 2.23. The monoisotopic (exact) mass is 427 g/mol. The molecule has 1 aromatic heterocycles. The first-order valence-corrected chi connectivity index (χ1v) is 12.5. The van der Waals surface area contributed by atoms with Crippen LogP contribution in [0.4, 0.5) is 11.4 Å². The zero-order chi connectivity index (χ0) is 21.6. The number of para-hydroxylation sites is 1. The van der Waals surface area contributed by atoms with E-state index in [1.165, 1.54) is 69.2 Å². The molecule has 0 bridgehead atoms. The molecule has 1 heterocycles. The van der Waals surface area contributed by atoms with E-state index in [-0.39, 0.29) is 5.41 Å². The first-order chi connectivity index (χ1) is 14.9. The van der Waals surface area contributed by atoms with Crippen molar-refractivity contribution in [1.82, 2.24) is 0 Å². The fourth-order valence-electron chi connectivity index (χ4n) is 5.36. The summed E-state index contributed by atoms with van der Waals surface area (Å²) in [5.41, 5.74) is 5.69. The normalized spacial score (nSPS) is 15.6. The molecule has 4 aromatic rings. The highest BCUT2D eigenvalue weighted by atomic mass is 32.1. The van der Waals surface area contributed by atoms with Crippen molar-refractivity contribution in [3.05, 3.63) is 71.8 Å². The first-order valence-electron chi connectivity index (χ1n) is 11.7. The molecule has 0 aliphatic heterocycles. The Kier molecular flexibility index (Phi) is 5.30. The van der Waals surface area contributed by atoms with Crippen LogP contribution in [-0.4, -0.2) is 7.05 Å². The van der Waals surface area contributed by atoms with Crippen molar-refractivity contribution in [3.8, 4) is 0 Å². The molecule has 160 valence electrons. The topological polar surface area (TPSA) is 3.24 Å². The van der Waals surface area contributed by atoms with Gasteiger partial charge in [0, 0.05) is 28.2 Å². The summed E-state index contributed by atoms with van der Waals surface area (Å²) in [6.45, 7) is 6.91.